The van der Waals surface area contributed by atoms with Crippen molar-refractivity contribution >= 4 is 28.8 Å². The van der Waals surface area contributed by atoms with Gasteiger partial charge < -0.3 is 4.74 Å². The van der Waals surface area contributed by atoms with Crippen molar-refractivity contribution in [3.63, 3.8) is 0 Å². The van der Waals surface area contributed by atoms with Gasteiger partial charge in [0.05, 0.1) is 18.1 Å². The highest BCUT2D eigenvalue weighted by molar-refractivity contribution is 6.04. The lowest BCUT2D eigenvalue weighted by molar-refractivity contribution is -0.117. The molecule has 1 amide bonds. The number of amides is 1. The Morgan fingerprint density at radius 3 is 2.68 bits per heavy atom. The quantitative estimate of drug-likeness (QED) is 0.754. The third kappa shape index (κ3) is 2.69. The average Bonchev–Trinajstić information content (AvgIpc) is 2.99. The molecule has 25 heavy (non-hydrogen) atoms. The number of anilines is 1. The number of aromatic nitrogens is 2. The fourth-order valence-corrected chi connectivity index (χ4v) is 2.93. The summed E-state index contributed by atoms with van der Waals surface area (Å²) in [6, 6.07) is 15.6. The lowest BCUT2D eigenvalue weighted by Gasteiger charge is -2.25. The largest absolute Gasteiger partial charge is 0.497 e. The maximum Gasteiger partial charge on any atom is 0.223 e. The number of hydrogen-bond acceptors (Lipinski definition) is 5. The van der Waals surface area contributed by atoms with E-state index in [-0.39, 0.29) is 12.1 Å². The molecule has 4 rings (SSSR count). The molecule has 1 aromatic heterocycles. The Bertz CT molecular complexity index is 975. The highest BCUT2D eigenvalue weighted by Gasteiger charge is 2.26. The number of nitrogens with one attached hydrogen (secondary N) is 2. The summed E-state index contributed by atoms with van der Waals surface area (Å²) in [5.74, 6) is 1.61. The van der Waals surface area contributed by atoms with Gasteiger partial charge in [0.15, 0.2) is 6.17 Å². The molecule has 0 fully saturated rings. The molecule has 2 heterocycles. The number of carbonyl (C=O) groups excluding carboxylic acids is 1. The van der Waals surface area contributed by atoms with E-state index in [0.717, 1.165) is 22.3 Å². The molecule has 0 unspecified atom stereocenters. The first-order chi connectivity index (χ1) is 12.2. The van der Waals surface area contributed by atoms with Crippen molar-refractivity contribution in [2.24, 2.45) is 4.99 Å². The van der Waals surface area contributed by atoms with Crippen LogP contribution in [0.1, 0.15) is 18.7 Å². The Kier molecular flexibility index (Phi) is 3.61. The summed E-state index contributed by atoms with van der Waals surface area (Å²) in [6.45, 7) is 1.45. The van der Waals surface area contributed by atoms with Crippen LogP contribution < -0.4 is 15.4 Å². The van der Waals surface area contributed by atoms with Gasteiger partial charge in [-0.05, 0) is 29.8 Å². The van der Waals surface area contributed by atoms with Crippen LogP contribution in [0.5, 0.6) is 5.75 Å². The predicted octanol–water partition coefficient (Wildman–Crippen LogP) is 2.51. The zero-order chi connectivity index (χ0) is 17.4. The second-order valence-electron chi connectivity index (χ2n) is 5.72. The van der Waals surface area contributed by atoms with Crippen molar-refractivity contribution in [3.8, 4) is 5.75 Å². The van der Waals surface area contributed by atoms with E-state index in [1.54, 1.807) is 7.11 Å². The van der Waals surface area contributed by atoms with Gasteiger partial charge in [0.25, 0.3) is 0 Å². The fraction of sp³-hybridized carbons (Fsp3) is 0.167. The molecule has 2 N–H and O–H groups in total. The van der Waals surface area contributed by atoms with E-state index >= 15 is 0 Å². The summed E-state index contributed by atoms with van der Waals surface area (Å²) in [5.41, 5.74) is 2.80. The molecule has 0 spiro atoms. The standard InChI is InChI=1S/C18H17N5O2/c1-11(24)19-17-21-16(12-7-9-13(25-2)10-8-12)23-15-6-4-3-5-14(15)20-18(23)22-17/h3-10,16H,1-2H3,(H2,19,20,21,22,24)/t16-/m0/s1. The van der Waals surface area contributed by atoms with Crippen LogP contribution in [0.3, 0.4) is 0 Å². The summed E-state index contributed by atoms with van der Waals surface area (Å²) in [6.07, 6.45) is -0.337. The molecule has 0 bridgehead atoms. The number of rotatable bonds is 2. The number of aliphatic imine (C=N–C) groups is 1. The number of methoxy groups -OCH3 is 1. The smallest absolute Gasteiger partial charge is 0.223 e. The number of para-hydroxylation sites is 2. The van der Waals surface area contributed by atoms with Gasteiger partial charge in [-0.2, -0.15) is 0 Å². The van der Waals surface area contributed by atoms with Crippen molar-refractivity contribution < 1.29 is 9.53 Å². The number of guanidine groups is 1. The fourth-order valence-electron chi connectivity index (χ4n) is 2.93. The second kappa shape index (κ2) is 5.94. The number of imidazole rings is 1. The number of benzene rings is 2. The zero-order valence-corrected chi connectivity index (χ0v) is 13.9. The number of fused-ring (bicyclic) bond motifs is 3. The molecule has 0 aliphatic carbocycles. The first-order valence-electron chi connectivity index (χ1n) is 7.89. The maximum absolute atomic E-state index is 11.4. The second-order valence-corrected chi connectivity index (χ2v) is 5.72. The molecule has 0 saturated heterocycles. The molecule has 0 radical (unpaired) electrons. The van der Waals surface area contributed by atoms with Crippen molar-refractivity contribution in [1.82, 2.24) is 14.9 Å². The summed E-state index contributed by atoms with van der Waals surface area (Å²) in [7, 11) is 1.63. The van der Waals surface area contributed by atoms with Crippen LogP contribution in [0.25, 0.3) is 11.0 Å². The Labute approximate surface area is 144 Å². The summed E-state index contributed by atoms with van der Waals surface area (Å²) >= 11 is 0. The van der Waals surface area contributed by atoms with E-state index in [1.165, 1.54) is 6.92 Å². The van der Waals surface area contributed by atoms with Crippen LogP contribution >= 0.6 is 0 Å². The van der Waals surface area contributed by atoms with Crippen LogP contribution in [0.15, 0.2) is 53.5 Å². The molecular weight excluding hydrogens is 318 g/mol. The Morgan fingerprint density at radius 2 is 1.96 bits per heavy atom. The van der Waals surface area contributed by atoms with Crippen molar-refractivity contribution in [2.45, 2.75) is 13.1 Å². The van der Waals surface area contributed by atoms with Gasteiger partial charge in [-0.1, -0.05) is 24.3 Å². The first-order valence-corrected chi connectivity index (χ1v) is 7.89. The Hall–Kier alpha value is -3.35. The zero-order valence-electron chi connectivity index (χ0n) is 13.9. The molecule has 1 atom stereocenters. The molecule has 0 saturated carbocycles. The maximum atomic E-state index is 11.4. The minimum absolute atomic E-state index is 0.190. The lowest BCUT2D eigenvalue weighted by atomic mass is 10.1. The van der Waals surface area contributed by atoms with E-state index in [9.17, 15) is 4.79 Å². The van der Waals surface area contributed by atoms with Gasteiger partial charge in [0.1, 0.15) is 5.75 Å². The third-order valence-corrected chi connectivity index (χ3v) is 4.03. The monoisotopic (exact) mass is 335 g/mol. The summed E-state index contributed by atoms with van der Waals surface area (Å²) < 4.78 is 7.25. The molecule has 1 aliphatic heterocycles. The predicted molar refractivity (Wildman–Crippen MR) is 95.7 cm³/mol. The summed E-state index contributed by atoms with van der Waals surface area (Å²) in [5, 5.41) is 5.80. The normalized spacial score (nSPS) is 15.9. The minimum atomic E-state index is -0.337. The van der Waals surface area contributed by atoms with Crippen molar-refractivity contribution in [1.29, 1.82) is 0 Å². The van der Waals surface area contributed by atoms with Crippen molar-refractivity contribution in [3.05, 3.63) is 54.1 Å². The Morgan fingerprint density at radius 1 is 1.20 bits per heavy atom. The van der Waals surface area contributed by atoms with E-state index < -0.39 is 0 Å². The molecule has 2 aromatic carbocycles. The van der Waals surface area contributed by atoms with Gasteiger partial charge in [-0.25, -0.2) is 9.98 Å². The van der Waals surface area contributed by atoms with E-state index in [2.05, 4.69) is 20.6 Å². The van der Waals surface area contributed by atoms with Gasteiger partial charge in [0.2, 0.25) is 17.8 Å². The average molecular weight is 335 g/mol. The molecule has 7 heteroatoms. The van der Waals surface area contributed by atoms with Crippen LogP contribution in [0.4, 0.5) is 5.95 Å². The van der Waals surface area contributed by atoms with E-state index in [4.69, 9.17) is 4.74 Å². The van der Waals surface area contributed by atoms with Crippen LogP contribution in [-0.2, 0) is 4.79 Å². The van der Waals surface area contributed by atoms with E-state index in [0.29, 0.717) is 11.9 Å². The number of ether oxygens (including phenoxy) is 1. The topological polar surface area (TPSA) is 80.5 Å². The lowest BCUT2D eigenvalue weighted by Crippen LogP contribution is -2.38. The first kappa shape index (κ1) is 15.2. The van der Waals surface area contributed by atoms with Gasteiger partial charge in [-0.3, -0.25) is 20.0 Å². The molecule has 126 valence electrons. The molecule has 7 nitrogen and oxygen atoms in total. The highest BCUT2D eigenvalue weighted by atomic mass is 16.5. The molecule has 1 aliphatic rings. The van der Waals surface area contributed by atoms with Crippen LogP contribution in [-0.4, -0.2) is 28.5 Å². The molecular formula is C18H17N5O2. The third-order valence-electron chi connectivity index (χ3n) is 4.03. The highest BCUT2D eigenvalue weighted by Crippen LogP contribution is 2.32. The number of carbonyl (C=O) groups is 1. The van der Waals surface area contributed by atoms with Crippen molar-refractivity contribution in [2.75, 3.05) is 12.4 Å². The van der Waals surface area contributed by atoms with Gasteiger partial charge >= 0.3 is 0 Å². The number of nitrogens with zero attached hydrogens (tertiary/aromatic N) is 3. The Balaban J connectivity index is 1.86. The minimum Gasteiger partial charge on any atom is -0.497 e. The SMILES string of the molecule is COc1ccc([C@H]2N=C(NC(C)=O)Nc3nc4ccccc4n32)cc1. The van der Waals surface area contributed by atoms with Crippen LogP contribution in [0.2, 0.25) is 0 Å². The van der Waals surface area contributed by atoms with Crippen LogP contribution in [0, 0.1) is 0 Å². The summed E-state index contributed by atoms with van der Waals surface area (Å²) in [4.78, 5) is 20.7. The van der Waals surface area contributed by atoms with E-state index in [1.807, 2.05) is 53.1 Å². The van der Waals surface area contributed by atoms with Gasteiger partial charge in [-0.15, -0.1) is 0 Å². The molecule has 3 aromatic rings. The number of hydrogen-bond donors (Lipinski definition) is 2. The van der Waals surface area contributed by atoms with Gasteiger partial charge in [0, 0.05) is 6.92 Å².